The minimum atomic E-state index is 0.0590. The predicted molar refractivity (Wildman–Crippen MR) is 115 cm³/mol. The van der Waals surface area contributed by atoms with Gasteiger partial charge in [0.25, 0.3) is 0 Å². The van der Waals surface area contributed by atoms with Gasteiger partial charge in [0.05, 0.1) is 32.0 Å². The van der Waals surface area contributed by atoms with Crippen LogP contribution in [0.5, 0.6) is 0 Å². The van der Waals surface area contributed by atoms with Gasteiger partial charge in [-0.2, -0.15) is 5.10 Å². The number of hydrogen-bond acceptors (Lipinski definition) is 4. The number of morpholine rings is 1. The number of aliphatic imine (C=N–C) groups is 1. The highest BCUT2D eigenvalue weighted by molar-refractivity contribution is 5.80. The van der Waals surface area contributed by atoms with E-state index in [0.29, 0.717) is 19.8 Å². The van der Waals surface area contributed by atoms with E-state index in [1.807, 2.05) is 11.7 Å². The molecule has 1 aromatic carbocycles. The van der Waals surface area contributed by atoms with Crippen molar-refractivity contribution in [3.8, 4) is 0 Å². The number of methoxy groups -OCH3 is 1. The second-order valence-corrected chi connectivity index (χ2v) is 7.43. The maximum absolute atomic E-state index is 6.06. The van der Waals surface area contributed by atoms with Gasteiger partial charge in [-0.05, 0) is 31.9 Å². The Balaban J connectivity index is 1.66. The van der Waals surface area contributed by atoms with Gasteiger partial charge < -0.3 is 19.7 Å². The summed E-state index contributed by atoms with van der Waals surface area (Å²) in [5.74, 6) is 0.898. The molecule has 0 radical (unpaired) electrons. The number of guanidine groups is 1. The topological polar surface area (TPSA) is 63.9 Å². The molecule has 7 heteroatoms. The van der Waals surface area contributed by atoms with E-state index in [1.165, 1.54) is 22.4 Å². The zero-order valence-corrected chi connectivity index (χ0v) is 18.2. The summed E-state index contributed by atoms with van der Waals surface area (Å²) in [7, 11) is 3.55. The molecule has 2 aromatic rings. The number of rotatable bonds is 6. The van der Waals surface area contributed by atoms with Crippen molar-refractivity contribution >= 4 is 5.96 Å². The predicted octanol–water partition coefficient (Wildman–Crippen LogP) is 2.60. The normalized spacial score (nSPS) is 17.6. The summed E-state index contributed by atoms with van der Waals surface area (Å²) < 4.78 is 13.3. The molecule has 1 fully saturated rings. The van der Waals surface area contributed by atoms with E-state index >= 15 is 0 Å². The van der Waals surface area contributed by atoms with Crippen LogP contribution in [0.15, 0.2) is 29.3 Å². The molecule has 0 saturated carbocycles. The first-order valence-corrected chi connectivity index (χ1v) is 10.2. The van der Waals surface area contributed by atoms with E-state index in [0.717, 1.165) is 31.3 Å². The van der Waals surface area contributed by atoms with Crippen LogP contribution in [0.4, 0.5) is 0 Å². The highest BCUT2D eigenvalue weighted by atomic mass is 16.5. The van der Waals surface area contributed by atoms with Crippen LogP contribution in [0.25, 0.3) is 0 Å². The molecular weight excluding hydrogens is 366 g/mol. The number of nitrogens with one attached hydrogen (secondary N) is 1. The van der Waals surface area contributed by atoms with Crippen molar-refractivity contribution in [2.24, 2.45) is 4.99 Å². The molecule has 1 aliphatic heterocycles. The van der Waals surface area contributed by atoms with Crippen LogP contribution in [-0.2, 0) is 22.6 Å². The maximum atomic E-state index is 6.06. The Morgan fingerprint density at radius 1 is 1.31 bits per heavy atom. The number of ether oxygens (including phenoxy) is 2. The lowest BCUT2D eigenvalue weighted by atomic mass is 10.0. The van der Waals surface area contributed by atoms with Crippen LogP contribution < -0.4 is 5.32 Å². The Labute approximate surface area is 173 Å². The first-order chi connectivity index (χ1) is 14.0. The van der Waals surface area contributed by atoms with Crippen LogP contribution in [-0.4, -0.2) is 61.1 Å². The third kappa shape index (κ3) is 4.97. The maximum Gasteiger partial charge on any atom is 0.194 e. The summed E-state index contributed by atoms with van der Waals surface area (Å²) in [6, 6.07) is 8.43. The van der Waals surface area contributed by atoms with Gasteiger partial charge in [0, 0.05) is 38.5 Å². The lowest BCUT2D eigenvalue weighted by molar-refractivity contribution is -0.00834. The summed E-state index contributed by atoms with van der Waals surface area (Å²) in [5, 5.41) is 8.18. The molecule has 1 N–H and O–H groups in total. The molecule has 0 amide bonds. The highest BCUT2D eigenvalue weighted by Crippen LogP contribution is 2.25. The second kappa shape index (κ2) is 9.89. The fourth-order valence-corrected chi connectivity index (χ4v) is 3.86. The van der Waals surface area contributed by atoms with Crippen molar-refractivity contribution < 1.29 is 9.47 Å². The molecule has 2 heterocycles. The Bertz CT molecular complexity index is 846. The first-order valence-electron chi connectivity index (χ1n) is 10.2. The molecular formula is C22H33N5O2. The molecule has 7 nitrogen and oxygen atoms in total. The van der Waals surface area contributed by atoms with Crippen LogP contribution in [0.3, 0.4) is 0 Å². The Morgan fingerprint density at radius 3 is 2.83 bits per heavy atom. The molecule has 0 spiro atoms. The van der Waals surface area contributed by atoms with Crippen LogP contribution >= 0.6 is 0 Å². The molecule has 0 aliphatic carbocycles. The standard InChI is InChI=1S/C22H33N5O2/c1-16-8-6-7-9-19(16)21-15-26(10-13-29-21)22(23-4)24-14-20-17(2)25-27(18(20)3)11-12-28-5/h6-9,21H,10-15H2,1-5H3,(H,23,24). The molecule has 1 saturated heterocycles. The Morgan fingerprint density at radius 2 is 2.10 bits per heavy atom. The number of aromatic nitrogens is 2. The van der Waals surface area contributed by atoms with E-state index < -0.39 is 0 Å². The van der Waals surface area contributed by atoms with E-state index in [1.54, 1.807) is 7.11 Å². The summed E-state index contributed by atoms with van der Waals surface area (Å²) in [6.07, 6.45) is 0.0590. The number of nitrogens with zero attached hydrogens (tertiary/aromatic N) is 4. The largest absolute Gasteiger partial charge is 0.383 e. The van der Waals surface area contributed by atoms with Gasteiger partial charge in [-0.3, -0.25) is 9.67 Å². The number of hydrogen-bond donors (Lipinski definition) is 1. The molecule has 1 aliphatic rings. The van der Waals surface area contributed by atoms with Crippen molar-refractivity contribution in [3.63, 3.8) is 0 Å². The van der Waals surface area contributed by atoms with E-state index in [4.69, 9.17) is 9.47 Å². The molecule has 1 unspecified atom stereocenters. The van der Waals surface area contributed by atoms with Gasteiger partial charge in [-0.25, -0.2) is 0 Å². The summed E-state index contributed by atoms with van der Waals surface area (Å²) in [4.78, 5) is 6.80. The fourth-order valence-electron chi connectivity index (χ4n) is 3.86. The summed E-state index contributed by atoms with van der Waals surface area (Å²) >= 11 is 0. The van der Waals surface area contributed by atoms with Gasteiger partial charge in [0.1, 0.15) is 6.10 Å². The van der Waals surface area contributed by atoms with Crippen molar-refractivity contribution in [1.82, 2.24) is 20.0 Å². The summed E-state index contributed by atoms with van der Waals surface area (Å²) in [5.41, 5.74) is 5.94. The number of aryl methyl sites for hydroxylation is 2. The minimum absolute atomic E-state index is 0.0590. The SMILES string of the molecule is CN=C(NCc1c(C)nn(CCOC)c1C)N1CCOC(c2ccccc2C)C1. The average molecular weight is 400 g/mol. The third-order valence-corrected chi connectivity index (χ3v) is 5.57. The third-order valence-electron chi connectivity index (χ3n) is 5.57. The lowest BCUT2D eigenvalue weighted by Gasteiger charge is -2.35. The zero-order chi connectivity index (χ0) is 20.8. The van der Waals surface area contributed by atoms with Gasteiger partial charge in [-0.1, -0.05) is 24.3 Å². The molecule has 0 bridgehead atoms. The molecule has 158 valence electrons. The smallest absolute Gasteiger partial charge is 0.194 e. The zero-order valence-electron chi connectivity index (χ0n) is 18.2. The highest BCUT2D eigenvalue weighted by Gasteiger charge is 2.25. The van der Waals surface area contributed by atoms with Crippen LogP contribution in [0, 0.1) is 20.8 Å². The number of benzene rings is 1. The second-order valence-electron chi connectivity index (χ2n) is 7.43. The van der Waals surface area contributed by atoms with Crippen molar-refractivity contribution in [1.29, 1.82) is 0 Å². The van der Waals surface area contributed by atoms with Gasteiger partial charge >= 0.3 is 0 Å². The summed E-state index contributed by atoms with van der Waals surface area (Å²) in [6.45, 7) is 10.7. The van der Waals surface area contributed by atoms with Crippen molar-refractivity contribution in [3.05, 3.63) is 52.3 Å². The van der Waals surface area contributed by atoms with Crippen molar-refractivity contribution in [2.75, 3.05) is 40.5 Å². The van der Waals surface area contributed by atoms with Gasteiger partial charge in [-0.15, -0.1) is 0 Å². The Hall–Kier alpha value is -2.38. The van der Waals surface area contributed by atoms with Crippen LogP contribution in [0.1, 0.15) is 34.2 Å². The van der Waals surface area contributed by atoms with Crippen molar-refractivity contribution in [2.45, 2.75) is 40.0 Å². The van der Waals surface area contributed by atoms with E-state index in [9.17, 15) is 0 Å². The first kappa shape index (κ1) is 21.3. The fraction of sp³-hybridized carbons (Fsp3) is 0.545. The monoisotopic (exact) mass is 399 g/mol. The molecule has 3 rings (SSSR count). The van der Waals surface area contributed by atoms with E-state index in [-0.39, 0.29) is 6.10 Å². The lowest BCUT2D eigenvalue weighted by Crippen LogP contribution is -2.48. The van der Waals surface area contributed by atoms with Gasteiger partial charge in [0.15, 0.2) is 5.96 Å². The van der Waals surface area contributed by atoms with Crippen LogP contribution in [0.2, 0.25) is 0 Å². The Kier molecular flexibility index (Phi) is 7.28. The van der Waals surface area contributed by atoms with Gasteiger partial charge in [0.2, 0.25) is 0 Å². The van der Waals surface area contributed by atoms with E-state index in [2.05, 4.69) is 65.3 Å². The quantitative estimate of drug-likeness (QED) is 0.598. The minimum Gasteiger partial charge on any atom is -0.383 e. The molecule has 1 atom stereocenters. The molecule has 29 heavy (non-hydrogen) atoms. The molecule has 1 aromatic heterocycles. The average Bonchev–Trinajstić information content (AvgIpc) is 3.00.